The van der Waals surface area contributed by atoms with Gasteiger partial charge in [-0.3, -0.25) is 18.7 Å². The summed E-state index contributed by atoms with van der Waals surface area (Å²) in [6.07, 6.45) is 0. The van der Waals surface area contributed by atoms with Gasteiger partial charge in [0.05, 0.1) is 0 Å². The van der Waals surface area contributed by atoms with Crippen LogP contribution < -0.4 is 16.6 Å². The average Bonchev–Trinajstić information content (AvgIpc) is 3.13. The fourth-order valence-corrected chi connectivity index (χ4v) is 3.32. The van der Waals surface area contributed by atoms with Crippen LogP contribution in [0.2, 0.25) is 0 Å². The molecule has 0 unspecified atom stereocenters. The predicted molar refractivity (Wildman–Crippen MR) is 101 cm³/mol. The van der Waals surface area contributed by atoms with Crippen molar-refractivity contribution < 1.29 is 4.39 Å². The van der Waals surface area contributed by atoms with Crippen molar-refractivity contribution >= 4 is 22.6 Å². The first-order chi connectivity index (χ1) is 12.9. The van der Waals surface area contributed by atoms with Crippen LogP contribution in [-0.4, -0.2) is 30.0 Å². The lowest BCUT2D eigenvalue weighted by Gasteiger charge is -2.09. The van der Waals surface area contributed by atoms with E-state index in [1.807, 2.05) is 18.4 Å². The molecule has 0 radical (unpaired) electrons. The monoisotopic (exact) mass is 370 g/mol. The fourth-order valence-electron chi connectivity index (χ4n) is 3.32. The van der Waals surface area contributed by atoms with Gasteiger partial charge in [-0.05, 0) is 38.1 Å². The van der Waals surface area contributed by atoms with Crippen molar-refractivity contribution in [2.75, 3.05) is 11.9 Å². The lowest BCUT2D eigenvalue weighted by molar-refractivity contribution is 0.628. The Bertz CT molecular complexity index is 1280. The molecule has 1 aromatic carbocycles. The smallest absolute Gasteiger partial charge is 0.329 e. The summed E-state index contributed by atoms with van der Waals surface area (Å²) >= 11 is 0. The quantitative estimate of drug-likeness (QED) is 0.570. The minimum atomic E-state index is -0.493. The van der Waals surface area contributed by atoms with Gasteiger partial charge < -0.3 is 9.88 Å². The number of benzene rings is 1. The lowest BCUT2D eigenvalue weighted by Crippen LogP contribution is -2.28. The van der Waals surface area contributed by atoms with Gasteiger partial charge in [0.25, 0.3) is 5.56 Å². The summed E-state index contributed by atoms with van der Waals surface area (Å²) in [5.41, 5.74) is 2.45. The molecule has 0 aliphatic heterocycles. The van der Waals surface area contributed by atoms with Gasteiger partial charge in [-0.1, -0.05) is 0 Å². The number of halogens is 1. The summed E-state index contributed by atoms with van der Waals surface area (Å²) in [5, 5.41) is 3.24. The third kappa shape index (κ3) is 2.62. The van der Waals surface area contributed by atoms with E-state index in [4.69, 9.17) is 0 Å². The number of nitrogens with one attached hydrogen (secondary N) is 2. The molecular weight excluding hydrogens is 351 g/mol. The summed E-state index contributed by atoms with van der Waals surface area (Å²) in [7, 11) is 1.58. The van der Waals surface area contributed by atoms with E-state index >= 15 is 0 Å². The summed E-state index contributed by atoms with van der Waals surface area (Å²) < 4.78 is 18.1. The number of aromatic amines is 1. The van der Waals surface area contributed by atoms with Crippen LogP contribution >= 0.6 is 0 Å². The van der Waals surface area contributed by atoms with Gasteiger partial charge in [-0.15, -0.1) is 0 Å². The molecule has 0 atom stereocenters. The number of aromatic nitrogens is 5. The number of fused-ring (bicyclic) bond motifs is 3. The Balaban J connectivity index is 1.75. The molecule has 2 N–H and O–H groups in total. The van der Waals surface area contributed by atoms with Gasteiger partial charge in [0.2, 0.25) is 5.78 Å². The zero-order valence-corrected chi connectivity index (χ0v) is 15.2. The van der Waals surface area contributed by atoms with Crippen LogP contribution in [0.3, 0.4) is 0 Å². The molecule has 0 saturated heterocycles. The predicted octanol–water partition coefficient (Wildman–Crippen LogP) is 1.54. The molecule has 0 spiro atoms. The van der Waals surface area contributed by atoms with Gasteiger partial charge in [-0.25, -0.2) is 9.18 Å². The molecule has 140 valence electrons. The molecule has 9 heteroatoms. The molecule has 0 bridgehead atoms. The van der Waals surface area contributed by atoms with E-state index in [0.717, 1.165) is 17.1 Å². The van der Waals surface area contributed by atoms with Crippen molar-refractivity contribution in [3.8, 4) is 0 Å². The van der Waals surface area contributed by atoms with E-state index in [-0.39, 0.29) is 5.82 Å². The van der Waals surface area contributed by atoms with Gasteiger partial charge in [-0.2, -0.15) is 4.98 Å². The van der Waals surface area contributed by atoms with E-state index in [2.05, 4.69) is 15.3 Å². The molecule has 0 amide bonds. The Kier molecular flexibility index (Phi) is 3.87. The molecule has 0 aliphatic rings. The zero-order valence-electron chi connectivity index (χ0n) is 15.2. The van der Waals surface area contributed by atoms with Crippen LogP contribution in [0.15, 0.2) is 33.9 Å². The summed E-state index contributed by atoms with van der Waals surface area (Å²) in [4.78, 5) is 31.1. The topological polar surface area (TPSA) is 89.1 Å². The van der Waals surface area contributed by atoms with Crippen molar-refractivity contribution in [3.63, 3.8) is 0 Å². The average molecular weight is 370 g/mol. The summed E-state index contributed by atoms with van der Waals surface area (Å²) in [6, 6.07) is 6.16. The molecule has 4 aromatic rings. The highest BCUT2D eigenvalue weighted by molar-refractivity contribution is 5.76. The van der Waals surface area contributed by atoms with E-state index in [9.17, 15) is 14.0 Å². The molecular formula is C18H19FN6O2. The minimum Gasteiger partial charge on any atom is -0.383 e. The number of H-pyrrole nitrogens is 1. The van der Waals surface area contributed by atoms with Crippen LogP contribution in [0, 0.1) is 19.7 Å². The van der Waals surface area contributed by atoms with Gasteiger partial charge in [0, 0.05) is 37.2 Å². The molecule has 3 heterocycles. The largest absolute Gasteiger partial charge is 0.383 e. The highest BCUT2D eigenvalue weighted by Gasteiger charge is 2.20. The molecule has 8 nitrogen and oxygen atoms in total. The van der Waals surface area contributed by atoms with Crippen molar-refractivity contribution in [2.24, 2.45) is 7.05 Å². The second kappa shape index (κ2) is 6.11. The first-order valence-corrected chi connectivity index (χ1v) is 8.55. The Morgan fingerprint density at radius 1 is 1.15 bits per heavy atom. The van der Waals surface area contributed by atoms with Gasteiger partial charge in [0.15, 0.2) is 11.2 Å². The highest BCUT2D eigenvalue weighted by Crippen LogP contribution is 2.20. The maximum Gasteiger partial charge on any atom is 0.329 e. The lowest BCUT2D eigenvalue weighted by atomic mass is 10.3. The molecule has 27 heavy (non-hydrogen) atoms. The number of rotatable bonds is 4. The third-order valence-electron chi connectivity index (χ3n) is 4.91. The van der Waals surface area contributed by atoms with Crippen molar-refractivity contribution in [3.05, 3.63) is 62.3 Å². The maximum absolute atomic E-state index is 13.0. The van der Waals surface area contributed by atoms with Crippen LogP contribution in [-0.2, 0) is 13.6 Å². The van der Waals surface area contributed by atoms with E-state index in [0.29, 0.717) is 30.0 Å². The SMILES string of the molecule is Cc1c(C)n2c3c(=O)[nH]c(=O)n(C)c3nc2n1CCNc1ccc(F)cc1. The number of aryl methyl sites for hydroxylation is 2. The normalized spacial score (nSPS) is 11.6. The Hall–Kier alpha value is -3.36. The van der Waals surface area contributed by atoms with E-state index in [1.165, 1.54) is 16.7 Å². The number of hydrogen-bond acceptors (Lipinski definition) is 4. The molecule has 4 rings (SSSR count). The number of anilines is 1. The van der Waals surface area contributed by atoms with Gasteiger partial charge in [0.1, 0.15) is 5.82 Å². The maximum atomic E-state index is 13.0. The Labute approximate surface area is 152 Å². The first-order valence-electron chi connectivity index (χ1n) is 8.55. The minimum absolute atomic E-state index is 0.279. The second-order valence-corrected chi connectivity index (χ2v) is 6.49. The van der Waals surface area contributed by atoms with Crippen LogP contribution in [0.25, 0.3) is 16.9 Å². The summed E-state index contributed by atoms with van der Waals surface area (Å²) in [5.74, 6) is 0.326. The van der Waals surface area contributed by atoms with Crippen LogP contribution in [0.5, 0.6) is 0 Å². The third-order valence-corrected chi connectivity index (χ3v) is 4.91. The molecule has 0 saturated carbocycles. The highest BCUT2D eigenvalue weighted by atomic mass is 19.1. The standard InChI is InChI=1S/C18H19FN6O2/c1-10-11(2)25-14-15(23(3)18(27)22-16(14)26)21-17(25)24(10)9-8-20-13-6-4-12(19)5-7-13/h4-7,20H,8-9H2,1-3H3,(H,22,26,27). The van der Waals surface area contributed by atoms with E-state index < -0.39 is 11.2 Å². The second-order valence-electron chi connectivity index (χ2n) is 6.49. The molecule has 0 fully saturated rings. The Morgan fingerprint density at radius 2 is 1.85 bits per heavy atom. The number of hydrogen-bond donors (Lipinski definition) is 2. The molecule has 3 aromatic heterocycles. The van der Waals surface area contributed by atoms with Crippen molar-refractivity contribution in [1.82, 2.24) is 23.5 Å². The number of imidazole rings is 2. The number of nitrogens with zero attached hydrogens (tertiary/aromatic N) is 4. The zero-order chi connectivity index (χ0) is 19.3. The molecule has 0 aliphatic carbocycles. The van der Waals surface area contributed by atoms with E-state index in [1.54, 1.807) is 23.6 Å². The van der Waals surface area contributed by atoms with Crippen molar-refractivity contribution in [2.45, 2.75) is 20.4 Å². The first kappa shape index (κ1) is 17.1. The van der Waals surface area contributed by atoms with Crippen LogP contribution in [0.1, 0.15) is 11.4 Å². The van der Waals surface area contributed by atoms with Crippen molar-refractivity contribution in [1.29, 1.82) is 0 Å². The Morgan fingerprint density at radius 3 is 2.56 bits per heavy atom. The van der Waals surface area contributed by atoms with Gasteiger partial charge >= 0.3 is 5.69 Å². The van der Waals surface area contributed by atoms with Crippen LogP contribution in [0.4, 0.5) is 10.1 Å². The fraction of sp³-hybridized carbons (Fsp3) is 0.278. The summed E-state index contributed by atoms with van der Waals surface area (Å²) in [6.45, 7) is 5.06.